The number of nitrogens with zero attached hydrogens (tertiary/aromatic N) is 1. The molecule has 0 saturated heterocycles. The third-order valence-electron chi connectivity index (χ3n) is 2.26. The van der Waals surface area contributed by atoms with E-state index in [4.69, 9.17) is 0 Å². The number of aromatic nitrogens is 1. The summed E-state index contributed by atoms with van der Waals surface area (Å²) in [5, 5.41) is 5.48. The zero-order valence-electron chi connectivity index (χ0n) is 9.02. The first-order valence-corrected chi connectivity index (χ1v) is 7.20. The molecule has 1 amide bonds. The molecular formula is C12H11BrN2OS. The lowest BCUT2D eigenvalue weighted by atomic mass is 10.1. The summed E-state index contributed by atoms with van der Waals surface area (Å²) < 4.78 is 0. The van der Waals surface area contributed by atoms with E-state index in [1.165, 1.54) is 16.9 Å². The van der Waals surface area contributed by atoms with Gasteiger partial charge in [-0.15, -0.1) is 11.3 Å². The Morgan fingerprint density at radius 1 is 1.35 bits per heavy atom. The van der Waals surface area contributed by atoms with Crippen molar-refractivity contribution in [3.05, 3.63) is 46.4 Å². The Balaban J connectivity index is 2.01. The number of carbonyl (C=O) groups is 1. The zero-order valence-corrected chi connectivity index (χ0v) is 11.4. The van der Waals surface area contributed by atoms with E-state index in [1.807, 2.05) is 24.3 Å². The summed E-state index contributed by atoms with van der Waals surface area (Å²) in [6, 6.07) is 7.83. The lowest BCUT2D eigenvalue weighted by molar-refractivity contribution is 0.102. The number of hydrogen-bond donors (Lipinski definition) is 1. The molecule has 0 fully saturated rings. The number of nitrogens with one attached hydrogen (secondary N) is 1. The fraction of sp³-hybridized carbons (Fsp3) is 0.167. The van der Waals surface area contributed by atoms with Gasteiger partial charge in [-0.25, -0.2) is 4.98 Å². The molecule has 2 rings (SSSR count). The van der Waals surface area contributed by atoms with Crippen LogP contribution >= 0.6 is 27.3 Å². The van der Waals surface area contributed by atoms with Gasteiger partial charge in [0.15, 0.2) is 0 Å². The first-order chi connectivity index (χ1) is 8.29. The van der Waals surface area contributed by atoms with Gasteiger partial charge in [-0.1, -0.05) is 28.1 Å². The topological polar surface area (TPSA) is 42.0 Å². The molecule has 0 bridgehead atoms. The molecule has 88 valence electrons. The van der Waals surface area contributed by atoms with Crippen LogP contribution in [0.4, 0.5) is 5.69 Å². The fourth-order valence-electron chi connectivity index (χ4n) is 1.38. The molecule has 0 radical (unpaired) electrons. The second-order valence-corrected chi connectivity index (χ2v) is 4.98. The van der Waals surface area contributed by atoms with Crippen LogP contribution in [0.25, 0.3) is 0 Å². The molecule has 2 aromatic rings. The Morgan fingerprint density at radius 3 is 2.71 bits per heavy atom. The highest BCUT2D eigenvalue weighted by atomic mass is 79.9. The van der Waals surface area contributed by atoms with E-state index in [2.05, 4.69) is 26.2 Å². The molecule has 0 saturated carbocycles. The van der Waals surface area contributed by atoms with Crippen molar-refractivity contribution in [3.8, 4) is 0 Å². The van der Waals surface area contributed by atoms with E-state index >= 15 is 0 Å². The Labute approximate surface area is 112 Å². The summed E-state index contributed by atoms with van der Waals surface area (Å²) in [5.74, 6) is -0.167. The summed E-state index contributed by atoms with van der Waals surface area (Å²) in [5.41, 5.74) is 4.14. The van der Waals surface area contributed by atoms with Gasteiger partial charge < -0.3 is 5.32 Å². The van der Waals surface area contributed by atoms with Crippen LogP contribution in [0.2, 0.25) is 0 Å². The minimum absolute atomic E-state index is 0.167. The minimum atomic E-state index is -0.167. The fourth-order valence-corrected chi connectivity index (χ4v) is 2.37. The average Bonchev–Trinajstić information content (AvgIpc) is 2.86. The lowest BCUT2D eigenvalue weighted by Crippen LogP contribution is -2.11. The molecule has 1 N–H and O–H groups in total. The molecule has 0 spiro atoms. The highest BCUT2D eigenvalue weighted by molar-refractivity contribution is 9.09. The van der Waals surface area contributed by atoms with Crippen molar-refractivity contribution in [2.24, 2.45) is 0 Å². The molecule has 1 aromatic heterocycles. The van der Waals surface area contributed by atoms with Crippen LogP contribution in [0.15, 0.2) is 35.2 Å². The van der Waals surface area contributed by atoms with Crippen molar-refractivity contribution >= 4 is 38.9 Å². The Kier molecular flexibility index (Phi) is 4.28. The summed E-state index contributed by atoms with van der Waals surface area (Å²) in [6.45, 7) is 0. The maximum atomic E-state index is 11.7. The van der Waals surface area contributed by atoms with Gasteiger partial charge in [0.2, 0.25) is 0 Å². The quantitative estimate of drug-likeness (QED) is 0.880. The van der Waals surface area contributed by atoms with Gasteiger partial charge in [0, 0.05) is 16.4 Å². The molecule has 5 heteroatoms. The number of rotatable bonds is 4. The predicted octanol–water partition coefficient (Wildman–Crippen LogP) is 3.33. The van der Waals surface area contributed by atoms with Crippen molar-refractivity contribution in [2.45, 2.75) is 6.42 Å². The molecule has 0 aliphatic heterocycles. The van der Waals surface area contributed by atoms with E-state index in [1.54, 1.807) is 10.9 Å². The van der Waals surface area contributed by atoms with Crippen LogP contribution in [0.5, 0.6) is 0 Å². The number of amides is 1. The normalized spacial score (nSPS) is 10.2. The summed E-state index contributed by atoms with van der Waals surface area (Å²) in [7, 11) is 0. The van der Waals surface area contributed by atoms with Crippen LogP contribution in [0.3, 0.4) is 0 Å². The second kappa shape index (κ2) is 5.93. The van der Waals surface area contributed by atoms with E-state index < -0.39 is 0 Å². The molecular weight excluding hydrogens is 300 g/mol. The van der Waals surface area contributed by atoms with Gasteiger partial charge in [-0.2, -0.15) is 0 Å². The van der Waals surface area contributed by atoms with E-state index in [9.17, 15) is 4.79 Å². The van der Waals surface area contributed by atoms with Gasteiger partial charge in [-0.3, -0.25) is 4.79 Å². The highest BCUT2D eigenvalue weighted by Gasteiger charge is 2.07. The lowest BCUT2D eigenvalue weighted by Gasteiger charge is -2.04. The maximum Gasteiger partial charge on any atom is 0.275 e. The number of aryl methyl sites for hydroxylation is 1. The van der Waals surface area contributed by atoms with Gasteiger partial charge in [0.25, 0.3) is 5.91 Å². The van der Waals surface area contributed by atoms with Gasteiger partial charge in [0.05, 0.1) is 5.51 Å². The summed E-state index contributed by atoms with van der Waals surface area (Å²) in [6.07, 6.45) is 0.986. The number of thiazole rings is 1. The van der Waals surface area contributed by atoms with Gasteiger partial charge in [-0.05, 0) is 24.1 Å². The van der Waals surface area contributed by atoms with Crippen LogP contribution in [0, 0.1) is 0 Å². The number of alkyl halides is 1. The first kappa shape index (κ1) is 12.3. The molecule has 0 atom stereocenters. The SMILES string of the molecule is O=C(Nc1ccc(CCBr)cc1)c1cscn1. The van der Waals surface area contributed by atoms with Crippen LogP contribution in [-0.2, 0) is 6.42 Å². The Morgan fingerprint density at radius 2 is 2.12 bits per heavy atom. The minimum Gasteiger partial charge on any atom is -0.321 e. The summed E-state index contributed by atoms with van der Waals surface area (Å²) >= 11 is 4.80. The van der Waals surface area contributed by atoms with Crippen LogP contribution in [-0.4, -0.2) is 16.2 Å². The standard InChI is InChI=1S/C12H11BrN2OS/c13-6-5-9-1-3-10(4-2-9)15-12(16)11-7-17-8-14-11/h1-4,7-8H,5-6H2,(H,15,16). The third-order valence-corrected chi connectivity index (χ3v) is 3.24. The average molecular weight is 311 g/mol. The predicted molar refractivity (Wildman–Crippen MR) is 74.0 cm³/mol. The number of carbonyl (C=O) groups excluding carboxylic acids is 1. The molecule has 3 nitrogen and oxygen atoms in total. The van der Waals surface area contributed by atoms with Gasteiger partial charge in [0.1, 0.15) is 5.69 Å². The highest BCUT2D eigenvalue weighted by Crippen LogP contribution is 2.12. The van der Waals surface area contributed by atoms with Crippen molar-refractivity contribution < 1.29 is 4.79 Å². The molecule has 1 heterocycles. The molecule has 1 aromatic carbocycles. The van der Waals surface area contributed by atoms with Gasteiger partial charge >= 0.3 is 0 Å². The second-order valence-electron chi connectivity index (χ2n) is 3.46. The molecule has 17 heavy (non-hydrogen) atoms. The van der Waals surface area contributed by atoms with Crippen molar-refractivity contribution in [1.29, 1.82) is 0 Å². The van der Waals surface area contributed by atoms with Crippen molar-refractivity contribution in [2.75, 3.05) is 10.6 Å². The molecule has 0 aliphatic rings. The zero-order chi connectivity index (χ0) is 12.1. The van der Waals surface area contributed by atoms with Crippen LogP contribution in [0.1, 0.15) is 16.1 Å². The summed E-state index contributed by atoms with van der Waals surface area (Å²) in [4.78, 5) is 15.7. The van der Waals surface area contributed by atoms with Crippen molar-refractivity contribution in [1.82, 2.24) is 4.98 Å². The van der Waals surface area contributed by atoms with Crippen LogP contribution < -0.4 is 5.32 Å². The third kappa shape index (κ3) is 3.38. The maximum absolute atomic E-state index is 11.7. The molecule has 0 unspecified atom stereocenters. The van der Waals surface area contributed by atoms with Crippen molar-refractivity contribution in [3.63, 3.8) is 0 Å². The number of halogens is 1. The monoisotopic (exact) mass is 310 g/mol. The van der Waals surface area contributed by atoms with E-state index in [0.717, 1.165) is 17.4 Å². The number of anilines is 1. The van der Waals surface area contributed by atoms with E-state index in [-0.39, 0.29) is 5.91 Å². The largest absolute Gasteiger partial charge is 0.321 e. The Hall–Kier alpha value is -1.20. The number of benzene rings is 1. The van der Waals surface area contributed by atoms with E-state index in [0.29, 0.717) is 5.69 Å². The first-order valence-electron chi connectivity index (χ1n) is 5.14. The smallest absolute Gasteiger partial charge is 0.275 e. The number of hydrogen-bond acceptors (Lipinski definition) is 3. The Bertz CT molecular complexity index is 482. The molecule has 0 aliphatic carbocycles.